The maximum absolute atomic E-state index is 11.9. The largest absolute Gasteiger partial charge is 0.484 e. The molecule has 27 heavy (non-hydrogen) atoms. The third-order valence-electron chi connectivity index (χ3n) is 3.93. The van der Waals surface area contributed by atoms with Crippen molar-refractivity contribution in [1.29, 1.82) is 0 Å². The van der Waals surface area contributed by atoms with Gasteiger partial charge in [0.2, 0.25) is 0 Å². The van der Waals surface area contributed by atoms with E-state index in [0.717, 1.165) is 27.8 Å². The summed E-state index contributed by atoms with van der Waals surface area (Å²) in [7, 11) is 0. The van der Waals surface area contributed by atoms with Crippen LogP contribution < -0.4 is 10.1 Å². The highest BCUT2D eigenvalue weighted by atomic mass is 35.5. The van der Waals surface area contributed by atoms with Gasteiger partial charge in [-0.1, -0.05) is 59.6 Å². The molecule has 0 aliphatic rings. The molecule has 0 radical (unpaired) electrons. The van der Waals surface area contributed by atoms with Gasteiger partial charge in [-0.05, 0) is 40.6 Å². The topological polar surface area (TPSA) is 38.3 Å². The van der Waals surface area contributed by atoms with Gasteiger partial charge >= 0.3 is 0 Å². The minimum atomic E-state index is -0.131. The molecule has 0 aliphatic carbocycles. The van der Waals surface area contributed by atoms with Gasteiger partial charge in [-0.2, -0.15) is 11.8 Å². The Morgan fingerprint density at radius 3 is 2.63 bits per heavy atom. The van der Waals surface area contributed by atoms with Crippen LogP contribution in [-0.4, -0.2) is 24.8 Å². The van der Waals surface area contributed by atoms with E-state index in [0.29, 0.717) is 22.3 Å². The van der Waals surface area contributed by atoms with E-state index in [-0.39, 0.29) is 12.5 Å². The van der Waals surface area contributed by atoms with E-state index in [1.54, 1.807) is 17.8 Å². The number of halogens is 2. The number of hydrogen-bond acceptors (Lipinski definition) is 3. The number of thioether (sulfide) groups is 1. The first-order valence-electron chi connectivity index (χ1n) is 8.52. The van der Waals surface area contributed by atoms with E-state index < -0.39 is 0 Å². The number of carbonyl (C=O) groups excluding carboxylic acids is 1. The second-order valence-electron chi connectivity index (χ2n) is 5.94. The lowest BCUT2D eigenvalue weighted by atomic mass is 10.1. The molecule has 1 amide bonds. The average molecular weight is 420 g/mol. The Balaban J connectivity index is 1.35. The van der Waals surface area contributed by atoms with E-state index >= 15 is 0 Å². The Morgan fingerprint density at radius 1 is 1.00 bits per heavy atom. The van der Waals surface area contributed by atoms with Gasteiger partial charge in [0.05, 0.1) is 0 Å². The molecule has 0 spiro atoms. The van der Waals surface area contributed by atoms with Crippen molar-refractivity contribution >= 4 is 51.6 Å². The molecule has 0 fully saturated rings. The molecule has 140 valence electrons. The highest BCUT2D eigenvalue weighted by Gasteiger charge is 2.04. The van der Waals surface area contributed by atoms with Crippen LogP contribution in [0.1, 0.15) is 5.56 Å². The van der Waals surface area contributed by atoms with Crippen LogP contribution in [0.4, 0.5) is 0 Å². The minimum Gasteiger partial charge on any atom is -0.484 e. The monoisotopic (exact) mass is 419 g/mol. The van der Waals surface area contributed by atoms with Gasteiger partial charge < -0.3 is 10.1 Å². The maximum Gasteiger partial charge on any atom is 0.257 e. The summed E-state index contributed by atoms with van der Waals surface area (Å²) in [6.45, 7) is 0.585. The smallest absolute Gasteiger partial charge is 0.257 e. The van der Waals surface area contributed by atoms with Crippen LogP contribution in [0, 0.1) is 0 Å². The molecular formula is C21H19Cl2NO2S. The molecule has 3 rings (SSSR count). The van der Waals surface area contributed by atoms with Crippen LogP contribution in [0.15, 0.2) is 60.7 Å². The van der Waals surface area contributed by atoms with Gasteiger partial charge in [0.25, 0.3) is 5.91 Å². The van der Waals surface area contributed by atoms with Crippen molar-refractivity contribution in [2.45, 2.75) is 5.75 Å². The predicted molar refractivity (Wildman–Crippen MR) is 115 cm³/mol. The number of hydrogen-bond donors (Lipinski definition) is 1. The summed E-state index contributed by atoms with van der Waals surface area (Å²) >= 11 is 13.7. The first-order valence-corrected chi connectivity index (χ1v) is 10.4. The van der Waals surface area contributed by atoms with Crippen molar-refractivity contribution in [2.24, 2.45) is 0 Å². The number of ether oxygens (including phenoxy) is 1. The van der Waals surface area contributed by atoms with Gasteiger partial charge in [0, 0.05) is 28.1 Å². The van der Waals surface area contributed by atoms with Gasteiger partial charge in [0.1, 0.15) is 5.75 Å². The second kappa shape index (κ2) is 9.88. The lowest BCUT2D eigenvalue weighted by Gasteiger charge is -2.09. The average Bonchev–Trinajstić information content (AvgIpc) is 2.67. The van der Waals surface area contributed by atoms with Gasteiger partial charge in [-0.3, -0.25) is 4.79 Å². The third kappa shape index (κ3) is 6.06. The normalized spacial score (nSPS) is 10.7. The lowest BCUT2D eigenvalue weighted by molar-refractivity contribution is -0.122. The van der Waals surface area contributed by atoms with E-state index in [2.05, 4.69) is 5.32 Å². The molecule has 0 atom stereocenters. The Hall–Kier alpha value is -1.88. The van der Waals surface area contributed by atoms with Crippen LogP contribution in [0.2, 0.25) is 10.0 Å². The number of fused-ring (bicyclic) bond motifs is 1. The van der Waals surface area contributed by atoms with E-state index in [1.807, 2.05) is 54.6 Å². The lowest BCUT2D eigenvalue weighted by Crippen LogP contribution is -2.30. The van der Waals surface area contributed by atoms with Crippen LogP contribution in [-0.2, 0) is 10.5 Å². The van der Waals surface area contributed by atoms with Crippen LogP contribution >= 0.6 is 35.0 Å². The van der Waals surface area contributed by atoms with E-state index in [4.69, 9.17) is 27.9 Å². The Morgan fingerprint density at radius 2 is 1.81 bits per heavy atom. The summed E-state index contributed by atoms with van der Waals surface area (Å²) in [5, 5.41) is 6.40. The summed E-state index contributed by atoms with van der Waals surface area (Å²) in [5.41, 5.74) is 1.04. The molecule has 1 N–H and O–H groups in total. The van der Waals surface area contributed by atoms with Crippen molar-refractivity contribution in [2.75, 3.05) is 18.9 Å². The molecule has 0 aliphatic heterocycles. The highest BCUT2D eigenvalue weighted by Crippen LogP contribution is 2.24. The molecule has 0 aromatic heterocycles. The first-order chi connectivity index (χ1) is 13.1. The van der Waals surface area contributed by atoms with Gasteiger partial charge in [-0.15, -0.1) is 0 Å². The quantitative estimate of drug-likeness (QED) is 0.484. The molecule has 0 unspecified atom stereocenters. The number of carbonyl (C=O) groups is 1. The molecule has 0 saturated carbocycles. The van der Waals surface area contributed by atoms with Crippen LogP contribution in [0.3, 0.4) is 0 Å². The minimum absolute atomic E-state index is 0.00597. The van der Waals surface area contributed by atoms with Crippen molar-refractivity contribution in [1.82, 2.24) is 5.32 Å². The molecule has 3 aromatic rings. The number of nitrogens with one attached hydrogen (secondary N) is 1. The van der Waals surface area contributed by atoms with Gasteiger partial charge in [-0.25, -0.2) is 0 Å². The summed E-state index contributed by atoms with van der Waals surface area (Å²) in [6, 6.07) is 19.3. The van der Waals surface area contributed by atoms with Crippen molar-refractivity contribution < 1.29 is 9.53 Å². The summed E-state index contributed by atoms with van der Waals surface area (Å²) in [4.78, 5) is 11.9. The zero-order chi connectivity index (χ0) is 19.1. The standard InChI is InChI=1S/C21H19Cl2NO2S/c22-18-7-5-17(20(23)12-18)14-27-10-9-24-21(25)13-26-19-8-6-15-3-1-2-4-16(15)11-19/h1-8,11-12H,9-10,13-14H2,(H,24,25). The summed E-state index contributed by atoms with van der Waals surface area (Å²) < 4.78 is 5.58. The van der Waals surface area contributed by atoms with E-state index in [9.17, 15) is 4.79 Å². The zero-order valence-corrected chi connectivity index (χ0v) is 16.9. The Kier molecular flexibility index (Phi) is 7.27. The number of amides is 1. The maximum atomic E-state index is 11.9. The fourth-order valence-electron chi connectivity index (χ4n) is 2.54. The molecule has 0 bridgehead atoms. The van der Waals surface area contributed by atoms with Gasteiger partial charge in [0.15, 0.2) is 6.61 Å². The molecule has 0 heterocycles. The summed E-state index contributed by atoms with van der Waals surface area (Å²) in [5.74, 6) is 2.13. The van der Waals surface area contributed by atoms with Crippen LogP contribution in [0.5, 0.6) is 5.75 Å². The van der Waals surface area contributed by atoms with Crippen molar-refractivity contribution in [3.8, 4) is 5.75 Å². The van der Waals surface area contributed by atoms with Crippen molar-refractivity contribution in [3.05, 3.63) is 76.3 Å². The molecular weight excluding hydrogens is 401 g/mol. The Bertz CT molecular complexity index is 933. The van der Waals surface area contributed by atoms with Crippen molar-refractivity contribution in [3.63, 3.8) is 0 Å². The van der Waals surface area contributed by atoms with Crippen LogP contribution in [0.25, 0.3) is 10.8 Å². The summed E-state index contributed by atoms with van der Waals surface area (Å²) in [6.07, 6.45) is 0. The number of rotatable bonds is 8. The zero-order valence-electron chi connectivity index (χ0n) is 14.6. The van der Waals surface area contributed by atoms with E-state index in [1.165, 1.54) is 0 Å². The third-order valence-corrected chi connectivity index (χ3v) is 5.53. The Labute approximate surface area is 173 Å². The second-order valence-corrected chi connectivity index (χ2v) is 7.88. The number of benzene rings is 3. The first kappa shape index (κ1) is 19.9. The molecule has 6 heteroatoms. The molecule has 3 aromatic carbocycles. The fraction of sp³-hybridized carbons (Fsp3) is 0.190. The predicted octanol–water partition coefficient (Wildman–Crippen LogP) is 5.58. The fourth-order valence-corrected chi connectivity index (χ4v) is 3.96. The SMILES string of the molecule is O=C(COc1ccc2ccccc2c1)NCCSCc1ccc(Cl)cc1Cl. The molecule has 0 saturated heterocycles. The molecule has 3 nitrogen and oxygen atoms in total. The highest BCUT2D eigenvalue weighted by molar-refractivity contribution is 7.98.